The Hall–Kier alpha value is -3.65. The summed E-state index contributed by atoms with van der Waals surface area (Å²) in [7, 11) is 1.61. The molecule has 122 valence electrons. The monoisotopic (exact) mass is 330 g/mol. The van der Waals surface area contributed by atoms with E-state index in [1.54, 1.807) is 25.3 Å². The van der Waals surface area contributed by atoms with Gasteiger partial charge in [-0.2, -0.15) is 5.26 Å². The van der Waals surface area contributed by atoms with Gasteiger partial charge in [-0.3, -0.25) is 10.1 Å². The van der Waals surface area contributed by atoms with E-state index < -0.39 is 4.92 Å². The Labute approximate surface area is 144 Å². The first-order chi connectivity index (χ1) is 12.1. The molecule has 0 aliphatic rings. The molecule has 5 nitrogen and oxygen atoms in total. The zero-order valence-corrected chi connectivity index (χ0v) is 13.5. The van der Waals surface area contributed by atoms with Gasteiger partial charge in [-0.05, 0) is 28.7 Å². The second kappa shape index (κ2) is 6.85. The van der Waals surface area contributed by atoms with E-state index in [0.29, 0.717) is 11.1 Å². The third kappa shape index (κ3) is 3.19. The fourth-order valence-electron chi connectivity index (χ4n) is 2.72. The van der Waals surface area contributed by atoms with Crippen molar-refractivity contribution in [1.82, 2.24) is 0 Å². The quantitative estimate of drug-likeness (QED) is 0.297. The van der Waals surface area contributed by atoms with Crippen LogP contribution < -0.4 is 4.74 Å². The van der Waals surface area contributed by atoms with Gasteiger partial charge in [-0.1, -0.05) is 42.5 Å². The molecule has 0 bridgehead atoms. The molecule has 0 heterocycles. The third-order valence-corrected chi connectivity index (χ3v) is 3.93. The number of non-ortho nitro benzene ring substituents is 1. The Morgan fingerprint density at radius 2 is 1.88 bits per heavy atom. The molecular formula is C20H14N2O3. The molecule has 0 amide bonds. The van der Waals surface area contributed by atoms with E-state index in [1.807, 2.05) is 36.4 Å². The molecule has 3 aromatic carbocycles. The summed E-state index contributed by atoms with van der Waals surface area (Å²) in [5.41, 5.74) is 1.67. The van der Waals surface area contributed by atoms with Gasteiger partial charge in [0.25, 0.3) is 5.69 Å². The molecule has 0 unspecified atom stereocenters. The minimum Gasteiger partial charge on any atom is -0.496 e. The number of nitro groups is 1. The SMILES string of the molecule is COc1ccc(/C=C(\C#N)c2cccc([N+](=O)[O-])c2)c2ccccc12. The lowest BCUT2D eigenvalue weighted by Gasteiger charge is -2.08. The fraction of sp³-hybridized carbons (Fsp3) is 0.0500. The maximum absolute atomic E-state index is 11.0. The minimum absolute atomic E-state index is 0.0433. The lowest BCUT2D eigenvalue weighted by Crippen LogP contribution is -1.90. The molecule has 0 fully saturated rings. The van der Waals surface area contributed by atoms with Crippen LogP contribution in [-0.4, -0.2) is 12.0 Å². The van der Waals surface area contributed by atoms with Gasteiger partial charge in [0.15, 0.2) is 0 Å². The summed E-state index contributed by atoms with van der Waals surface area (Å²) >= 11 is 0. The van der Waals surface area contributed by atoms with Crippen LogP contribution in [0.2, 0.25) is 0 Å². The molecule has 0 atom stereocenters. The van der Waals surface area contributed by atoms with E-state index in [1.165, 1.54) is 12.1 Å². The zero-order chi connectivity index (χ0) is 17.8. The molecule has 0 radical (unpaired) electrons. The predicted octanol–water partition coefficient (Wildman–Crippen LogP) is 4.82. The largest absolute Gasteiger partial charge is 0.496 e. The molecule has 0 spiro atoms. The molecular weight excluding hydrogens is 316 g/mol. The first kappa shape index (κ1) is 16.2. The van der Waals surface area contributed by atoms with E-state index in [-0.39, 0.29) is 5.69 Å². The van der Waals surface area contributed by atoms with Gasteiger partial charge < -0.3 is 4.74 Å². The van der Waals surface area contributed by atoms with Crippen LogP contribution in [0.15, 0.2) is 60.7 Å². The molecule has 3 rings (SSSR count). The Morgan fingerprint density at radius 1 is 1.12 bits per heavy atom. The van der Waals surface area contributed by atoms with Gasteiger partial charge in [-0.25, -0.2) is 0 Å². The summed E-state index contributed by atoms with van der Waals surface area (Å²) in [5.74, 6) is 0.751. The zero-order valence-electron chi connectivity index (χ0n) is 13.5. The maximum Gasteiger partial charge on any atom is 0.270 e. The van der Waals surface area contributed by atoms with Gasteiger partial charge >= 0.3 is 0 Å². The van der Waals surface area contributed by atoms with E-state index in [0.717, 1.165) is 22.1 Å². The van der Waals surface area contributed by atoms with E-state index in [9.17, 15) is 15.4 Å². The number of ether oxygens (including phenoxy) is 1. The molecule has 0 aliphatic heterocycles. The summed E-state index contributed by atoms with van der Waals surface area (Å²) in [6, 6.07) is 19.7. The van der Waals surface area contributed by atoms with Crippen molar-refractivity contribution in [1.29, 1.82) is 5.26 Å². The fourth-order valence-corrected chi connectivity index (χ4v) is 2.72. The van der Waals surface area contributed by atoms with Crippen molar-refractivity contribution in [2.24, 2.45) is 0 Å². The van der Waals surface area contributed by atoms with E-state index >= 15 is 0 Å². The first-order valence-corrected chi connectivity index (χ1v) is 7.56. The Kier molecular flexibility index (Phi) is 4.44. The number of nitriles is 1. The Balaban J connectivity index is 2.16. The molecule has 0 aliphatic carbocycles. The summed E-state index contributed by atoms with van der Waals surface area (Å²) in [5, 5.41) is 22.4. The summed E-state index contributed by atoms with van der Waals surface area (Å²) in [4.78, 5) is 10.5. The van der Waals surface area contributed by atoms with E-state index in [4.69, 9.17) is 4.74 Å². The predicted molar refractivity (Wildman–Crippen MR) is 97.1 cm³/mol. The number of methoxy groups -OCH3 is 1. The molecule has 5 heteroatoms. The van der Waals surface area contributed by atoms with Crippen LogP contribution in [0.5, 0.6) is 5.75 Å². The van der Waals surface area contributed by atoms with Gasteiger partial charge in [0.05, 0.1) is 23.7 Å². The van der Waals surface area contributed by atoms with Crippen molar-refractivity contribution >= 4 is 28.1 Å². The van der Waals surface area contributed by atoms with Gasteiger partial charge in [0, 0.05) is 17.5 Å². The van der Waals surface area contributed by atoms with Crippen molar-refractivity contribution in [3.8, 4) is 11.8 Å². The van der Waals surface area contributed by atoms with Crippen molar-refractivity contribution < 1.29 is 9.66 Å². The number of nitrogens with zero attached hydrogens (tertiary/aromatic N) is 2. The highest BCUT2D eigenvalue weighted by molar-refractivity contribution is 6.00. The number of hydrogen-bond acceptors (Lipinski definition) is 4. The molecule has 0 aromatic heterocycles. The molecule has 25 heavy (non-hydrogen) atoms. The molecule has 3 aromatic rings. The van der Waals surface area contributed by atoms with Crippen LogP contribution in [0.25, 0.3) is 22.4 Å². The molecule has 0 saturated carbocycles. The van der Waals surface area contributed by atoms with Crippen molar-refractivity contribution in [3.63, 3.8) is 0 Å². The molecule has 0 saturated heterocycles. The number of rotatable bonds is 4. The molecule has 0 N–H and O–H groups in total. The topological polar surface area (TPSA) is 76.2 Å². The smallest absolute Gasteiger partial charge is 0.270 e. The lowest BCUT2D eigenvalue weighted by molar-refractivity contribution is -0.384. The normalized spacial score (nSPS) is 11.1. The Bertz CT molecular complexity index is 1030. The second-order valence-electron chi connectivity index (χ2n) is 5.38. The van der Waals surface area contributed by atoms with Crippen molar-refractivity contribution in [3.05, 3.63) is 81.9 Å². The highest BCUT2D eigenvalue weighted by Gasteiger charge is 2.10. The number of benzene rings is 3. The standard InChI is InChI=1S/C20H14N2O3/c1-25-20-10-9-15(18-7-2-3-8-19(18)20)11-16(13-21)14-5-4-6-17(12-14)22(23)24/h2-12H,1H3/b16-11+. The summed E-state index contributed by atoms with van der Waals surface area (Å²) < 4.78 is 5.38. The van der Waals surface area contributed by atoms with Gasteiger partial charge in [0.2, 0.25) is 0 Å². The highest BCUT2D eigenvalue weighted by atomic mass is 16.6. The average Bonchev–Trinajstić information content (AvgIpc) is 2.66. The van der Waals surface area contributed by atoms with Crippen LogP contribution in [0.3, 0.4) is 0 Å². The second-order valence-corrected chi connectivity index (χ2v) is 5.38. The number of fused-ring (bicyclic) bond motifs is 1. The van der Waals surface area contributed by atoms with Gasteiger partial charge in [-0.15, -0.1) is 0 Å². The minimum atomic E-state index is -0.471. The van der Waals surface area contributed by atoms with Gasteiger partial charge in [0.1, 0.15) is 5.75 Å². The number of allylic oxidation sites excluding steroid dienone is 1. The lowest BCUT2D eigenvalue weighted by atomic mass is 9.99. The summed E-state index contributed by atoms with van der Waals surface area (Å²) in [6.45, 7) is 0. The van der Waals surface area contributed by atoms with Crippen LogP contribution in [0.1, 0.15) is 11.1 Å². The third-order valence-electron chi connectivity index (χ3n) is 3.93. The van der Waals surface area contributed by atoms with Crippen LogP contribution in [-0.2, 0) is 0 Å². The van der Waals surface area contributed by atoms with Crippen LogP contribution in [0.4, 0.5) is 5.69 Å². The van der Waals surface area contributed by atoms with E-state index in [2.05, 4.69) is 6.07 Å². The van der Waals surface area contributed by atoms with Crippen LogP contribution in [0, 0.1) is 21.4 Å². The van der Waals surface area contributed by atoms with Crippen molar-refractivity contribution in [2.45, 2.75) is 0 Å². The number of nitro benzene ring substituents is 1. The van der Waals surface area contributed by atoms with Crippen LogP contribution >= 0.6 is 0 Å². The highest BCUT2D eigenvalue weighted by Crippen LogP contribution is 2.31. The number of hydrogen-bond donors (Lipinski definition) is 0. The average molecular weight is 330 g/mol. The summed E-state index contributed by atoms with van der Waals surface area (Å²) in [6.07, 6.45) is 1.74. The maximum atomic E-state index is 11.0. The van der Waals surface area contributed by atoms with Crippen molar-refractivity contribution in [2.75, 3.05) is 7.11 Å². The first-order valence-electron chi connectivity index (χ1n) is 7.56. The Morgan fingerprint density at radius 3 is 2.56 bits per heavy atom.